The summed E-state index contributed by atoms with van der Waals surface area (Å²) in [7, 11) is 1.29. The van der Waals surface area contributed by atoms with Gasteiger partial charge in [0.25, 0.3) is 0 Å². The summed E-state index contributed by atoms with van der Waals surface area (Å²) in [4.78, 5) is 12.6. The molecule has 0 aromatic heterocycles. The lowest BCUT2D eigenvalue weighted by Gasteiger charge is -2.47. The van der Waals surface area contributed by atoms with Gasteiger partial charge in [0.05, 0.1) is 13.7 Å². The van der Waals surface area contributed by atoms with Crippen molar-refractivity contribution in [3.63, 3.8) is 0 Å². The van der Waals surface area contributed by atoms with Crippen LogP contribution in [0.15, 0.2) is 59.5 Å². The zero-order valence-corrected chi connectivity index (χ0v) is 18.2. The highest BCUT2D eigenvalue weighted by molar-refractivity contribution is 7.99. The molecule has 0 radical (unpaired) electrons. The van der Waals surface area contributed by atoms with Crippen LogP contribution in [0.25, 0.3) is 0 Å². The number of thioether (sulfide) groups is 1. The minimum absolute atomic E-state index is 0.278. The molecule has 0 bridgehead atoms. The largest absolute Gasteiger partial charge is 0.467 e. The van der Waals surface area contributed by atoms with Crippen LogP contribution in [0.1, 0.15) is 17.4 Å². The van der Waals surface area contributed by atoms with E-state index in [9.17, 15) is 9.90 Å². The van der Waals surface area contributed by atoms with E-state index in [1.54, 1.807) is 0 Å². The van der Waals surface area contributed by atoms with E-state index >= 15 is 0 Å². The summed E-state index contributed by atoms with van der Waals surface area (Å²) in [5, 5.41) is 11.1. The number of hydrogen-bond acceptors (Lipinski definition) is 8. The van der Waals surface area contributed by atoms with Gasteiger partial charge in [0.15, 0.2) is 6.29 Å². The van der Waals surface area contributed by atoms with E-state index in [0.717, 1.165) is 16.0 Å². The molecule has 166 valence electrons. The third-order valence-electron chi connectivity index (χ3n) is 5.27. The molecule has 2 saturated heterocycles. The highest BCUT2D eigenvalue weighted by atomic mass is 32.2. The van der Waals surface area contributed by atoms with Gasteiger partial charge in [-0.15, -0.1) is 0 Å². The molecule has 0 spiro atoms. The molecule has 8 heteroatoms. The summed E-state index contributed by atoms with van der Waals surface area (Å²) in [6.07, 6.45) is -3.46. The van der Waals surface area contributed by atoms with Crippen molar-refractivity contribution in [3.8, 4) is 0 Å². The fourth-order valence-electron chi connectivity index (χ4n) is 3.60. The Labute approximate surface area is 185 Å². The summed E-state index contributed by atoms with van der Waals surface area (Å²) < 4.78 is 28.7. The Morgan fingerprint density at radius 3 is 2.58 bits per heavy atom. The van der Waals surface area contributed by atoms with Gasteiger partial charge in [0, 0.05) is 10.5 Å². The molecular weight excluding hydrogens is 420 g/mol. The Morgan fingerprint density at radius 2 is 1.87 bits per heavy atom. The number of hydrogen-bond donors (Lipinski definition) is 1. The number of fused-ring (bicyclic) bond motifs is 1. The fraction of sp³-hybridized carbons (Fsp3) is 0.435. The maximum Gasteiger partial charge on any atom is 0.331 e. The first-order valence-corrected chi connectivity index (χ1v) is 11.0. The number of rotatable bonds is 6. The fourth-order valence-corrected chi connectivity index (χ4v) is 4.66. The van der Waals surface area contributed by atoms with Crippen LogP contribution in [0.4, 0.5) is 0 Å². The van der Waals surface area contributed by atoms with Crippen LogP contribution in [-0.2, 0) is 28.5 Å². The van der Waals surface area contributed by atoms with Crippen molar-refractivity contribution in [1.29, 1.82) is 0 Å². The Morgan fingerprint density at radius 1 is 1.13 bits per heavy atom. The van der Waals surface area contributed by atoms with Gasteiger partial charge in [-0.3, -0.25) is 0 Å². The van der Waals surface area contributed by atoms with Crippen molar-refractivity contribution in [2.45, 2.75) is 48.0 Å². The van der Waals surface area contributed by atoms with Crippen LogP contribution in [-0.4, -0.2) is 61.3 Å². The maximum absolute atomic E-state index is 11.7. The molecule has 2 aromatic carbocycles. The SMILES string of the molecule is COC(=O)CO[C@@H]1[C@@H](O)[C@H](Sc2ccc(C)cc2)O[C@@H]2CO[C@@H](c3ccccc3)O[C@@H]12. The molecule has 0 saturated carbocycles. The smallest absolute Gasteiger partial charge is 0.331 e. The van der Waals surface area contributed by atoms with Crippen molar-refractivity contribution in [2.75, 3.05) is 20.3 Å². The lowest BCUT2D eigenvalue weighted by atomic mass is 9.98. The van der Waals surface area contributed by atoms with Crippen molar-refractivity contribution >= 4 is 17.7 Å². The zero-order valence-electron chi connectivity index (χ0n) is 17.4. The number of methoxy groups -OCH3 is 1. The number of carbonyl (C=O) groups excluding carboxylic acids is 1. The third kappa shape index (κ3) is 5.28. The molecule has 0 unspecified atom stereocenters. The van der Waals surface area contributed by atoms with Crippen molar-refractivity contribution in [1.82, 2.24) is 0 Å². The Balaban J connectivity index is 1.52. The molecular formula is C23H26O7S. The molecule has 0 amide bonds. The summed E-state index contributed by atoms with van der Waals surface area (Å²) in [6, 6.07) is 17.5. The number of benzene rings is 2. The molecule has 6 atom stereocenters. The van der Waals surface area contributed by atoms with E-state index in [0.29, 0.717) is 0 Å². The standard InChI is InChI=1S/C23H26O7S/c1-14-8-10-16(11-9-14)31-23-19(25)21(27-13-18(24)26-2)20-17(29-23)12-28-22(30-20)15-6-4-3-5-7-15/h3-11,17,19-23,25H,12-13H2,1-2H3/t17-,19-,20-,21-,22-,23+/m1/s1. The first kappa shape index (κ1) is 22.3. The van der Waals surface area contributed by atoms with Crippen LogP contribution >= 0.6 is 11.8 Å². The average molecular weight is 447 g/mol. The summed E-state index contributed by atoms with van der Waals surface area (Å²) in [5.41, 5.74) is 1.40. The van der Waals surface area contributed by atoms with E-state index in [2.05, 4.69) is 4.74 Å². The van der Waals surface area contributed by atoms with Gasteiger partial charge in [-0.25, -0.2) is 4.79 Å². The minimum Gasteiger partial charge on any atom is -0.467 e. The molecule has 2 aliphatic heterocycles. The molecule has 4 rings (SSSR count). The number of ether oxygens (including phenoxy) is 5. The van der Waals surface area contributed by atoms with E-state index in [1.807, 2.05) is 61.5 Å². The second-order valence-electron chi connectivity index (χ2n) is 7.49. The molecule has 0 aliphatic carbocycles. The Hall–Kier alpha value is -1.94. The highest BCUT2D eigenvalue weighted by Crippen LogP contribution is 2.39. The Bertz CT molecular complexity index is 860. The van der Waals surface area contributed by atoms with E-state index in [-0.39, 0.29) is 13.2 Å². The van der Waals surface area contributed by atoms with E-state index < -0.39 is 42.1 Å². The summed E-state index contributed by atoms with van der Waals surface area (Å²) >= 11 is 1.40. The molecule has 2 aromatic rings. The lowest BCUT2D eigenvalue weighted by Crippen LogP contribution is -2.62. The van der Waals surface area contributed by atoms with E-state index in [1.165, 1.54) is 18.9 Å². The zero-order chi connectivity index (χ0) is 21.8. The van der Waals surface area contributed by atoms with Gasteiger partial charge >= 0.3 is 5.97 Å². The second kappa shape index (κ2) is 10.1. The topological polar surface area (TPSA) is 83.5 Å². The summed E-state index contributed by atoms with van der Waals surface area (Å²) in [6.45, 7) is 2.01. The first-order chi connectivity index (χ1) is 15.0. The molecule has 1 N–H and O–H groups in total. The van der Waals surface area contributed by atoms with Crippen LogP contribution < -0.4 is 0 Å². The third-order valence-corrected chi connectivity index (χ3v) is 6.44. The van der Waals surface area contributed by atoms with Gasteiger partial charge in [0.2, 0.25) is 0 Å². The molecule has 2 aliphatic rings. The molecule has 7 nitrogen and oxygen atoms in total. The number of esters is 1. The number of aryl methyl sites for hydroxylation is 1. The van der Waals surface area contributed by atoms with Gasteiger partial charge < -0.3 is 28.8 Å². The van der Waals surface area contributed by atoms with Crippen molar-refractivity contribution in [2.24, 2.45) is 0 Å². The average Bonchev–Trinajstić information content (AvgIpc) is 2.80. The minimum atomic E-state index is -1.02. The maximum atomic E-state index is 11.7. The van der Waals surface area contributed by atoms with Gasteiger partial charge in [-0.1, -0.05) is 59.8 Å². The quantitative estimate of drug-likeness (QED) is 0.679. The normalized spacial score (nSPS) is 30.4. The molecule has 31 heavy (non-hydrogen) atoms. The summed E-state index contributed by atoms with van der Waals surface area (Å²) in [5.74, 6) is -0.523. The first-order valence-electron chi connectivity index (χ1n) is 10.1. The number of carbonyl (C=O) groups is 1. The molecule has 2 fully saturated rings. The van der Waals surface area contributed by atoms with Crippen LogP contribution in [0, 0.1) is 6.92 Å². The predicted molar refractivity (Wildman–Crippen MR) is 113 cm³/mol. The number of aliphatic hydroxyl groups is 1. The Kier molecular flexibility index (Phi) is 7.27. The molecule has 2 heterocycles. The van der Waals surface area contributed by atoms with Crippen molar-refractivity contribution in [3.05, 3.63) is 65.7 Å². The van der Waals surface area contributed by atoms with E-state index in [4.69, 9.17) is 18.9 Å². The monoisotopic (exact) mass is 446 g/mol. The van der Waals surface area contributed by atoms with Crippen LogP contribution in [0.3, 0.4) is 0 Å². The van der Waals surface area contributed by atoms with Gasteiger partial charge in [-0.2, -0.15) is 0 Å². The second-order valence-corrected chi connectivity index (χ2v) is 8.66. The van der Waals surface area contributed by atoms with Gasteiger partial charge in [0.1, 0.15) is 36.5 Å². The lowest BCUT2D eigenvalue weighted by molar-refractivity contribution is -0.323. The van der Waals surface area contributed by atoms with Crippen molar-refractivity contribution < 1.29 is 33.6 Å². The number of aliphatic hydroxyl groups excluding tert-OH is 1. The van der Waals surface area contributed by atoms with Gasteiger partial charge in [-0.05, 0) is 19.1 Å². The highest BCUT2D eigenvalue weighted by Gasteiger charge is 2.50. The van der Waals surface area contributed by atoms with Crippen LogP contribution in [0.5, 0.6) is 0 Å². The van der Waals surface area contributed by atoms with Crippen LogP contribution in [0.2, 0.25) is 0 Å². The predicted octanol–water partition coefficient (Wildman–Crippen LogP) is 2.85.